The molecule has 18 heavy (non-hydrogen) atoms. The van der Waals surface area contributed by atoms with Crippen molar-refractivity contribution in [2.45, 2.75) is 19.3 Å². The molecular weight excluding hydrogens is 234 g/mol. The SMILES string of the molecule is Cn1nc(C(=O)NCC2(CCO)CC2)ccc1=O. The predicted molar refractivity (Wildman–Crippen MR) is 65.2 cm³/mol. The maximum atomic E-state index is 11.8. The van der Waals surface area contributed by atoms with Gasteiger partial charge in [0.2, 0.25) is 0 Å². The van der Waals surface area contributed by atoms with Gasteiger partial charge < -0.3 is 10.4 Å². The summed E-state index contributed by atoms with van der Waals surface area (Å²) >= 11 is 0. The number of carbonyl (C=O) groups is 1. The largest absolute Gasteiger partial charge is 0.396 e. The normalized spacial score (nSPS) is 16.3. The molecule has 1 aromatic heterocycles. The minimum absolute atomic E-state index is 0.0745. The molecule has 6 nitrogen and oxygen atoms in total. The average molecular weight is 251 g/mol. The maximum Gasteiger partial charge on any atom is 0.271 e. The van der Waals surface area contributed by atoms with Crippen LogP contribution >= 0.6 is 0 Å². The Bertz CT molecular complexity index is 506. The molecule has 6 heteroatoms. The second-order valence-electron chi connectivity index (χ2n) is 4.84. The Balaban J connectivity index is 1.96. The van der Waals surface area contributed by atoms with Crippen molar-refractivity contribution in [3.8, 4) is 0 Å². The van der Waals surface area contributed by atoms with Crippen LogP contribution in [0.1, 0.15) is 29.8 Å². The number of nitrogens with one attached hydrogen (secondary N) is 1. The lowest BCUT2D eigenvalue weighted by atomic mass is 10.0. The van der Waals surface area contributed by atoms with Crippen LogP contribution < -0.4 is 10.9 Å². The van der Waals surface area contributed by atoms with Crippen molar-refractivity contribution < 1.29 is 9.90 Å². The minimum atomic E-state index is -0.283. The lowest BCUT2D eigenvalue weighted by Crippen LogP contribution is -2.33. The van der Waals surface area contributed by atoms with Gasteiger partial charge in [0.05, 0.1) is 0 Å². The second kappa shape index (κ2) is 4.89. The summed E-state index contributed by atoms with van der Waals surface area (Å²) in [5.74, 6) is -0.283. The number of carbonyl (C=O) groups excluding carboxylic acids is 1. The smallest absolute Gasteiger partial charge is 0.271 e. The molecule has 0 atom stereocenters. The molecule has 1 heterocycles. The third-order valence-electron chi connectivity index (χ3n) is 3.42. The fourth-order valence-electron chi connectivity index (χ4n) is 1.91. The van der Waals surface area contributed by atoms with Gasteiger partial charge in [-0.25, -0.2) is 4.68 Å². The minimum Gasteiger partial charge on any atom is -0.396 e. The van der Waals surface area contributed by atoms with Crippen molar-refractivity contribution >= 4 is 5.91 Å². The molecular formula is C12H17N3O3. The number of amides is 1. The Morgan fingerprint density at radius 2 is 2.28 bits per heavy atom. The first-order valence-electron chi connectivity index (χ1n) is 6.00. The first-order valence-corrected chi connectivity index (χ1v) is 6.00. The van der Waals surface area contributed by atoms with E-state index in [1.54, 1.807) is 0 Å². The number of aryl methyl sites for hydroxylation is 1. The summed E-state index contributed by atoms with van der Waals surface area (Å²) in [7, 11) is 1.51. The van der Waals surface area contributed by atoms with Crippen LogP contribution in [0.5, 0.6) is 0 Å². The Labute approximate surface area is 105 Å². The van der Waals surface area contributed by atoms with Gasteiger partial charge in [0.1, 0.15) is 5.69 Å². The number of aliphatic hydroxyl groups excluding tert-OH is 1. The Kier molecular flexibility index (Phi) is 3.47. The number of rotatable bonds is 5. The number of hydrogen-bond donors (Lipinski definition) is 2. The van der Waals surface area contributed by atoms with Gasteiger partial charge in [-0.15, -0.1) is 0 Å². The summed E-state index contributed by atoms with van der Waals surface area (Å²) in [6.45, 7) is 0.699. The van der Waals surface area contributed by atoms with Crippen molar-refractivity contribution in [2.75, 3.05) is 13.2 Å². The van der Waals surface area contributed by atoms with Gasteiger partial charge in [0.15, 0.2) is 0 Å². The second-order valence-corrected chi connectivity index (χ2v) is 4.84. The highest BCUT2D eigenvalue weighted by atomic mass is 16.3. The van der Waals surface area contributed by atoms with Gasteiger partial charge >= 0.3 is 0 Å². The molecule has 1 aliphatic rings. The Hall–Kier alpha value is -1.69. The van der Waals surface area contributed by atoms with E-state index in [2.05, 4.69) is 10.4 Å². The summed E-state index contributed by atoms with van der Waals surface area (Å²) in [5, 5.41) is 15.6. The van der Waals surface area contributed by atoms with Crippen molar-refractivity contribution in [1.82, 2.24) is 15.1 Å². The predicted octanol–water partition coefficient (Wildman–Crippen LogP) is -0.327. The van der Waals surface area contributed by atoms with Gasteiger partial charge in [-0.05, 0) is 30.7 Å². The van der Waals surface area contributed by atoms with Crippen LogP contribution in [0.25, 0.3) is 0 Å². The van der Waals surface area contributed by atoms with Gasteiger partial charge in [-0.3, -0.25) is 9.59 Å². The van der Waals surface area contributed by atoms with E-state index in [4.69, 9.17) is 5.11 Å². The van der Waals surface area contributed by atoms with Crippen LogP contribution in [0.2, 0.25) is 0 Å². The van der Waals surface area contributed by atoms with Crippen molar-refractivity contribution in [3.63, 3.8) is 0 Å². The van der Waals surface area contributed by atoms with E-state index < -0.39 is 0 Å². The van der Waals surface area contributed by atoms with Crippen LogP contribution in [0, 0.1) is 5.41 Å². The third kappa shape index (κ3) is 2.76. The highest BCUT2D eigenvalue weighted by Gasteiger charge is 2.41. The van der Waals surface area contributed by atoms with Gasteiger partial charge in [-0.1, -0.05) is 0 Å². The monoisotopic (exact) mass is 251 g/mol. The lowest BCUT2D eigenvalue weighted by Gasteiger charge is -2.14. The summed E-state index contributed by atoms with van der Waals surface area (Å²) in [4.78, 5) is 23.0. The van der Waals surface area contributed by atoms with E-state index in [1.807, 2.05) is 0 Å². The number of nitrogens with zero attached hydrogens (tertiary/aromatic N) is 2. The average Bonchev–Trinajstić information content (AvgIpc) is 3.11. The Morgan fingerprint density at radius 1 is 1.56 bits per heavy atom. The van der Waals surface area contributed by atoms with E-state index >= 15 is 0 Å². The number of hydrogen-bond acceptors (Lipinski definition) is 4. The molecule has 0 aliphatic heterocycles. The quantitative estimate of drug-likeness (QED) is 0.750. The molecule has 0 bridgehead atoms. The fourth-order valence-corrected chi connectivity index (χ4v) is 1.91. The molecule has 1 fully saturated rings. The summed E-state index contributed by atoms with van der Waals surface area (Å²) in [6, 6.07) is 2.74. The lowest BCUT2D eigenvalue weighted by molar-refractivity contribution is 0.0933. The zero-order valence-corrected chi connectivity index (χ0v) is 10.3. The first-order chi connectivity index (χ1) is 8.56. The Morgan fingerprint density at radius 3 is 2.83 bits per heavy atom. The molecule has 1 aliphatic carbocycles. The molecule has 0 radical (unpaired) electrons. The van der Waals surface area contributed by atoms with Crippen LogP contribution in [0.4, 0.5) is 0 Å². The molecule has 98 valence electrons. The summed E-state index contributed by atoms with van der Waals surface area (Å²) in [6.07, 6.45) is 2.79. The standard InChI is InChI=1S/C12H17N3O3/c1-15-10(17)3-2-9(14-15)11(18)13-8-12(4-5-12)6-7-16/h2-3,16H,4-8H2,1H3,(H,13,18). The van der Waals surface area contributed by atoms with E-state index in [-0.39, 0.29) is 29.2 Å². The zero-order chi connectivity index (χ0) is 13.2. The molecule has 0 saturated heterocycles. The van der Waals surface area contributed by atoms with Crippen LogP contribution in [0.3, 0.4) is 0 Å². The van der Waals surface area contributed by atoms with Crippen LogP contribution in [0.15, 0.2) is 16.9 Å². The zero-order valence-electron chi connectivity index (χ0n) is 10.3. The fraction of sp³-hybridized carbons (Fsp3) is 0.583. The highest BCUT2D eigenvalue weighted by molar-refractivity contribution is 5.92. The van der Waals surface area contributed by atoms with Crippen LogP contribution in [-0.4, -0.2) is 33.9 Å². The molecule has 0 unspecified atom stereocenters. The molecule has 0 aromatic carbocycles. The van der Waals surface area contributed by atoms with E-state index in [9.17, 15) is 9.59 Å². The van der Waals surface area contributed by atoms with Gasteiger partial charge in [0, 0.05) is 26.3 Å². The van der Waals surface area contributed by atoms with Gasteiger partial charge in [0.25, 0.3) is 11.5 Å². The third-order valence-corrected chi connectivity index (χ3v) is 3.42. The van der Waals surface area contributed by atoms with Crippen molar-refractivity contribution in [3.05, 3.63) is 28.2 Å². The van der Waals surface area contributed by atoms with E-state index in [0.717, 1.165) is 17.5 Å². The topological polar surface area (TPSA) is 84.2 Å². The first kappa shape index (κ1) is 12.8. The van der Waals surface area contributed by atoms with E-state index in [1.165, 1.54) is 19.2 Å². The van der Waals surface area contributed by atoms with Crippen molar-refractivity contribution in [1.29, 1.82) is 0 Å². The molecule has 0 spiro atoms. The van der Waals surface area contributed by atoms with Crippen LogP contribution in [-0.2, 0) is 7.05 Å². The molecule has 2 N–H and O–H groups in total. The molecule has 1 saturated carbocycles. The number of aromatic nitrogens is 2. The van der Waals surface area contributed by atoms with Crippen molar-refractivity contribution in [2.24, 2.45) is 12.5 Å². The summed E-state index contributed by atoms with van der Waals surface area (Å²) < 4.78 is 1.13. The van der Waals surface area contributed by atoms with Gasteiger partial charge in [-0.2, -0.15) is 5.10 Å². The highest BCUT2D eigenvalue weighted by Crippen LogP contribution is 2.47. The molecule has 1 amide bonds. The number of aliphatic hydroxyl groups is 1. The van der Waals surface area contributed by atoms with E-state index in [0.29, 0.717) is 13.0 Å². The molecule has 2 rings (SSSR count). The maximum absolute atomic E-state index is 11.8. The molecule has 1 aromatic rings. The summed E-state index contributed by atoms with van der Waals surface area (Å²) in [5.41, 5.74) is 0.0628.